The van der Waals surface area contributed by atoms with Crippen molar-refractivity contribution in [3.8, 4) is 0 Å². The van der Waals surface area contributed by atoms with Gasteiger partial charge in [0.05, 0.1) is 5.60 Å². The van der Waals surface area contributed by atoms with Crippen LogP contribution in [0.5, 0.6) is 0 Å². The zero-order chi connectivity index (χ0) is 13.4. The lowest BCUT2D eigenvalue weighted by atomic mass is 10.1. The fraction of sp³-hybridized carbons (Fsp3) is 0.600. The number of hydrogen-bond donors (Lipinski definition) is 2. The summed E-state index contributed by atoms with van der Waals surface area (Å²) < 4.78 is 0. The standard InChI is InChI=1S/C15H25NOS/c1-4-9-16-12-13-6-5-7-14(11-13)18-10-8-15(2,3)17/h5-7,11,16-17H,4,8-10,12H2,1-3H3. The Morgan fingerprint density at radius 1 is 1.33 bits per heavy atom. The molecule has 2 N–H and O–H groups in total. The van der Waals surface area contributed by atoms with Gasteiger partial charge in [0.2, 0.25) is 0 Å². The van der Waals surface area contributed by atoms with Crippen molar-refractivity contribution in [2.24, 2.45) is 0 Å². The summed E-state index contributed by atoms with van der Waals surface area (Å²) in [4.78, 5) is 1.29. The van der Waals surface area contributed by atoms with Crippen molar-refractivity contribution in [1.82, 2.24) is 5.32 Å². The van der Waals surface area contributed by atoms with Crippen molar-refractivity contribution in [2.45, 2.75) is 50.7 Å². The third-order valence-electron chi connectivity index (χ3n) is 2.64. The van der Waals surface area contributed by atoms with Crippen LogP contribution in [0.25, 0.3) is 0 Å². The molecule has 0 radical (unpaired) electrons. The Morgan fingerprint density at radius 3 is 2.78 bits per heavy atom. The van der Waals surface area contributed by atoms with Gasteiger partial charge in [0.15, 0.2) is 0 Å². The molecule has 0 aliphatic heterocycles. The van der Waals surface area contributed by atoms with Crippen LogP contribution in [-0.2, 0) is 6.54 Å². The van der Waals surface area contributed by atoms with Crippen molar-refractivity contribution < 1.29 is 5.11 Å². The molecule has 0 atom stereocenters. The topological polar surface area (TPSA) is 32.3 Å². The highest BCUT2D eigenvalue weighted by atomic mass is 32.2. The molecular formula is C15H25NOS. The SMILES string of the molecule is CCCNCc1cccc(SCCC(C)(C)O)c1. The van der Waals surface area contributed by atoms with Gasteiger partial charge in [0.1, 0.15) is 0 Å². The quantitative estimate of drug-likeness (QED) is 0.559. The number of nitrogens with one attached hydrogen (secondary N) is 1. The van der Waals surface area contributed by atoms with E-state index in [4.69, 9.17) is 0 Å². The summed E-state index contributed by atoms with van der Waals surface area (Å²) in [6.45, 7) is 7.90. The Morgan fingerprint density at radius 2 is 2.11 bits per heavy atom. The highest BCUT2D eigenvalue weighted by Crippen LogP contribution is 2.22. The molecule has 102 valence electrons. The minimum absolute atomic E-state index is 0.562. The molecule has 0 aliphatic rings. The zero-order valence-corrected chi connectivity index (χ0v) is 12.5. The lowest BCUT2D eigenvalue weighted by Gasteiger charge is -2.16. The van der Waals surface area contributed by atoms with Crippen molar-refractivity contribution in [1.29, 1.82) is 0 Å². The van der Waals surface area contributed by atoms with Crippen molar-refractivity contribution in [3.63, 3.8) is 0 Å². The summed E-state index contributed by atoms with van der Waals surface area (Å²) in [6, 6.07) is 8.63. The average Bonchev–Trinajstić information content (AvgIpc) is 2.28. The molecule has 0 aromatic heterocycles. The Kier molecular flexibility index (Phi) is 6.76. The van der Waals surface area contributed by atoms with Crippen molar-refractivity contribution in [3.05, 3.63) is 29.8 Å². The number of benzene rings is 1. The van der Waals surface area contributed by atoms with E-state index < -0.39 is 5.60 Å². The summed E-state index contributed by atoms with van der Waals surface area (Å²) >= 11 is 1.81. The number of thioether (sulfide) groups is 1. The summed E-state index contributed by atoms with van der Waals surface area (Å²) in [5, 5.41) is 13.1. The molecular weight excluding hydrogens is 242 g/mol. The minimum atomic E-state index is -0.562. The van der Waals surface area contributed by atoms with Gasteiger partial charge in [-0.1, -0.05) is 19.1 Å². The first-order valence-electron chi connectivity index (χ1n) is 6.66. The van der Waals surface area contributed by atoms with E-state index in [1.807, 2.05) is 25.6 Å². The molecule has 0 saturated heterocycles. The van der Waals surface area contributed by atoms with Gasteiger partial charge in [-0.3, -0.25) is 0 Å². The lowest BCUT2D eigenvalue weighted by molar-refractivity contribution is 0.0778. The van der Waals surface area contributed by atoms with Gasteiger partial charge < -0.3 is 10.4 Å². The van der Waals surface area contributed by atoms with Crippen molar-refractivity contribution in [2.75, 3.05) is 12.3 Å². The van der Waals surface area contributed by atoms with Gasteiger partial charge in [-0.15, -0.1) is 11.8 Å². The van der Waals surface area contributed by atoms with Crippen LogP contribution < -0.4 is 5.32 Å². The molecule has 0 aliphatic carbocycles. The van der Waals surface area contributed by atoms with E-state index in [1.165, 1.54) is 16.9 Å². The van der Waals surface area contributed by atoms with Crippen molar-refractivity contribution >= 4 is 11.8 Å². The molecule has 0 amide bonds. The van der Waals surface area contributed by atoms with E-state index in [-0.39, 0.29) is 0 Å². The Labute approximate surface area is 115 Å². The highest BCUT2D eigenvalue weighted by molar-refractivity contribution is 7.99. The normalized spacial score (nSPS) is 11.8. The van der Waals surface area contributed by atoms with Crippen LogP contribution >= 0.6 is 11.8 Å². The molecule has 0 bridgehead atoms. The molecule has 0 spiro atoms. The molecule has 1 aromatic carbocycles. The predicted octanol–water partition coefficient (Wildman–Crippen LogP) is 3.44. The predicted molar refractivity (Wildman–Crippen MR) is 80.1 cm³/mol. The highest BCUT2D eigenvalue weighted by Gasteiger charge is 2.11. The summed E-state index contributed by atoms with van der Waals surface area (Å²) in [6.07, 6.45) is 1.98. The van der Waals surface area contributed by atoms with Gasteiger partial charge in [-0.2, -0.15) is 0 Å². The molecule has 1 aromatic rings. The second kappa shape index (κ2) is 7.82. The number of rotatable bonds is 8. The van der Waals surface area contributed by atoms with Crippen LogP contribution in [0.15, 0.2) is 29.2 Å². The first-order chi connectivity index (χ1) is 8.51. The van der Waals surface area contributed by atoms with Gasteiger partial charge in [0, 0.05) is 17.2 Å². The molecule has 1 rings (SSSR count). The Hall–Kier alpha value is -0.510. The number of hydrogen-bond acceptors (Lipinski definition) is 3. The molecule has 3 heteroatoms. The summed E-state index contributed by atoms with van der Waals surface area (Å²) in [5.41, 5.74) is 0.768. The zero-order valence-electron chi connectivity index (χ0n) is 11.7. The second-order valence-electron chi connectivity index (χ2n) is 5.24. The summed E-state index contributed by atoms with van der Waals surface area (Å²) in [5.74, 6) is 0.954. The van der Waals surface area contributed by atoms with Crippen LogP contribution in [0, 0.1) is 0 Å². The van der Waals surface area contributed by atoms with Crippen LogP contribution in [0.3, 0.4) is 0 Å². The Bertz CT molecular complexity index is 347. The van der Waals surface area contributed by atoms with Crippen LogP contribution in [0.1, 0.15) is 39.2 Å². The maximum absolute atomic E-state index is 9.67. The molecule has 0 unspecified atom stereocenters. The molecule has 0 fully saturated rings. The van der Waals surface area contributed by atoms with Crippen LogP contribution in [0.4, 0.5) is 0 Å². The smallest absolute Gasteiger partial charge is 0.0599 e. The van der Waals surface area contributed by atoms with Gasteiger partial charge in [-0.05, 0) is 50.9 Å². The fourth-order valence-corrected chi connectivity index (χ4v) is 2.82. The van der Waals surface area contributed by atoms with Crippen LogP contribution in [0.2, 0.25) is 0 Å². The second-order valence-corrected chi connectivity index (χ2v) is 6.40. The molecule has 18 heavy (non-hydrogen) atoms. The van der Waals surface area contributed by atoms with E-state index in [0.29, 0.717) is 0 Å². The summed E-state index contributed by atoms with van der Waals surface area (Å²) in [7, 11) is 0. The van der Waals surface area contributed by atoms with E-state index >= 15 is 0 Å². The van der Waals surface area contributed by atoms with Crippen LogP contribution in [-0.4, -0.2) is 23.0 Å². The minimum Gasteiger partial charge on any atom is -0.390 e. The first-order valence-corrected chi connectivity index (χ1v) is 7.64. The van der Waals surface area contributed by atoms with E-state index in [2.05, 4.69) is 36.5 Å². The molecule has 0 heterocycles. The third-order valence-corrected chi connectivity index (χ3v) is 3.63. The third kappa shape index (κ3) is 7.04. The van der Waals surface area contributed by atoms with Gasteiger partial charge >= 0.3 is 0 Å². The largest absolute Gasteiger partial charge is 0.390 e. The molecule has 0 saturated carbocycles. The average molecular weight is 267 g/mol. The number of aliphatic hydroxyl groups is 1. The van der Waals surface area contributed by atoms with Gasteiger partial charge in [-0.25, -0.2) is 0 Å². The maximum atomic E-state index is 9.67. The van der Waals surface area contributed by atoms with E-state index in [0.717, 1.165) is 25.3 Å². The Balaban J connectivity index is 2.39. The lowest BCUT2D eigenvalue weighted by Crippen LogP contribution is -2.19. The maximum Gasteiger partial charge on any atom is 0.0599 e. The monoisotopic (exact) mass is 267 g/mol. The first kappa shape index (κ1) is 15.5. The van der Waals surface area contributed by atoms with E-state index in [9.17, 15) is 5.11 Å². The molecule has 2 nitrogen and oxygen atoms in total. The fourth-order valence-electron chi connectivity index (χ4n) is 1.57. The van der Waals surface area contributed by atoms with E-state index in [1.54, 1.807) is 0 Å². The van der Waals surface area contributed by atoms with Gasteiger partial charge in [0.25, 0.3) is 0 Å².